The molecule has 0 saturated carbocycles. The highest BCUT2D eigenvalue weighted by molar-refractivity contribution is 8.18. The topological polar surface area (TPSA) is 66.4 Å². The summed E-state index contributed by atoms with van der Waals surface area (Å²) in [6.07, 6.45) is -4.62. The molecule has 244 valence electrons. The molecule has 5 rings (SSSR count). The molecule has 0 spiro atoms. The van der Waals surface area contributed by atoms with E-state index in [4.69, 9.17) is 9.47 Å². The molecule has 3 heterocycles. The Morgan fingerprint density at radius 1 is 1.02 bits per heavy atom. The van der Waals surface area contributed by atoms with Crippen molar-refractivity contribution in [2.75, 3.05) is 39.8 Å². The van der Waals surface area contributed by atoms with Crippen LogP contribution < -0.4 is 14.8 Å². The zero-order valence-electron chi connectivity index (χ0n) is 24.8. The highest BCUT2D eigenvalue weighted by Gasteiger charge is 2.38. The molecule has 2 aromatic rings. The largest absolute Gasteiger partial charge is 0.493 e. The van der Waals surface area contributed by atoms with Gasteiger partial charge in [0.2, 0.25) is 0 Å². The van der Waals surface area contributed by atoms with Crippen molar-refractivity contribution in [1.29, 1.82) is 0 Å². The fraction of sp³-hybridized carbons (Fsp3) is 0.484. The molecule has 0 aromatic heterocycles. The molecule has 2 saturated heterocycles. The second-order valence-electron chi connectivity index (χ2n) is 11.2. The first kappa shape index (κ1) is 33.1. The number of halogens is 6. The Hall–Kier alpha value is -3.23. The number of piperazine rings is 1. The maximum absolute atomic E-state index is 13.5. The standard InChI is InChI=1S/C31H34F6N4O3S/c1-19(24-5-3-4-10-38-24)40-11-13-41(14-12-40)29-39-28(42)27(45-29)16-20-6-9-25(26(15-20)43-2)44-18-21-7-8-22(30(32,33)34)17-23(21)31(35,36)37/h6-9,15-17,19,24,38H,3-5,10-14,18H2,1-2H3. The van der Waals surface area contributed by atoms with Gasteiger partial charge in [0.15, 0.2) is 16.7 Å². The van der Waals surface area contributed by atoms with E-state index in [1.165, 1.54) is 44.2 Å². The van der Waals surface area contributed by atoms with Crippen LogP contribution >= 0.6 is 11.8 Å². The molecule has 0 aliphatic carbocycles. The minimum absolute atomic E-state index is 0.0766. The maximum atomic E-state index is 13.5. The van der Waals surface area contributed by atoms with Crippen LogP contribution in [0.15, 0.2) is 46.3 Å². The molecule has 1 N–H and O–H groups in total. The van der Waals surface area contributed by atoms with Crippen LogP contribution in [0.3, 0.4) is 0 Å². The Bertz CT molecular complexity index is 1450. The lowest BCUT2D eigenvalue weighted by Gasteiger charge is -2.42. The Morgan fingerprint density at radius 3 is 2.42 bits per heavy atom. The lowest BCUT2D eigenvalue weighted by atomic mass is 9.97. The van der Waals surface area contributed by atoms with E-state index in [1.807, 2.05) is 0 Å². The van der Waals surface area contributed by atoms with E-state index in [9.17, 15) is 31.1 Å². The number of ether oxygens (including phenoxy) is 2. The van der Waals surface area contributed by atoms with Gasteiger partial charge in [-0.05, 0) is 74.0 Å². The molecule has 2 aromatic carbocycles. The highest BCUT2D eigenvalue weighted by Crippen LogP contribution is 2.39. The molecule has 2 unspecified atom stereocenters. The third-order valence-corrected chi connectivity index (χ3v) is 9.36. The molecule has 0 bridgehead atoms. The van der Waals surface area contributed by atoms with Crippen LogP contribution in [0, 0.1) is 0 Å². The number of thioether (sulfide) groups is 1. The number of carbonyl (C=O) groups is 1. The number of amides is 1. The fourth-order valence-corrected chi connectivity index (χ4v) is 6.71. The van der Waals surface area contributed by atoms with Crippen LogP contribution in [0.25, 0.3) is 6.08 Å². The third kappa shape index (κ3) is 7.95. The van der Waals surface area contributed by atoms with Crippen molar-refractivity contribution in [1.82, 2.24) is 15.1 Å². The molecule has 2 atom stereocenters. The number of nitrogens with one attached hydrogen (secondary N) is 1. The summed E-state index contributed by atoms with van der Waals surface area (Å²) >= 11 is 1.29. The van der Waals surface area contributed by atoms with Gasteiger partial charge < -0.3 is 19.7 Å². The summed E-state index contributed by atoms with van der Waals surface area (Å²) in [4.78, 5) is 22.0. The summed E-state index contributed by atoms with van der Waals surface area (Å²) in [5.74, 6) is -0.0943. The number of amidine groups is 1. The van der Waals surface area contributed by atoms with E-state index >= 15 is 0 Å². The van der Waals surface area contributed by atoms with E-state index in [1.54, 1.807) is 18.2 Å². The second kappa shape index (κ2) is 13.6. The van der Waals surface area contributed by atoms with Crippen molar-refractivity contribution in [2.45, 2.75) is 57.2 Å². The second-order valence-corrected chi connectivity index (χ2v) is 12.2. The number of benzene rings is 2. The Morgan fingerprint density at radius 2 is 1.78 bits per heavy atom. The average Bonchev–Trinajstić information content (AvgIpc) is 3.39. The van der Waals surface area contributed by atoms with Gasteiger partial charge in [0, 0.05) is 43.8 Å². The van der Waals surface area contributed by atoms with Gasteiger partial charge in [-0.2, -0.15) is 31.3 Å². The third-order valence-electron chi connectivity index (χ3n) is 8.31. The molecule has 7 nitrogen and oxygen atoms in total. The molecule has 2 fully saturated rings. The minimum Gasteiger partial charge on any atom is -0.493 e. The van der Waals surface area contributed by atoms with E-state index in [0.29, 0.717) is 33.8 Å². The minimum atomic E-state index is -5.01. The van der Waals surface area contributed by atoms with Crippen molar-refractivity contribution in [3.8, 4) is 11.5 Å². The van der Waals surface area contributed by atoms with E-state index < -0.39 is 35.6 Å². The number of hydrogen-bond donors (Lipinski definition) is 1. The number of methoxy groups -OCH3 is 1. The molecular formula is C31H34F6N4O3S. The average molecular weight is 657 g/mol. The Balaban J connectivity index is 1.21. The van der Waals surface area contributed by atoms with Gasteiger partial charge in [0.05, 0.1) is 23.1 Å². The van der Waals surface area contributed by atoms with Gasteiger partial charge in [0.1, 0.15) is 6.61 Å². The maximum Gasteiger partial charge on any atom is 0.416 e. The number of aliphatic imine (C=N–C) groups is 1. The SMILES string of the molecule is COc1cc(C=C2SC(N3CCN(C(C)C4CCCCN4)CC3)=NC2=O)ccc1OCc1ccc(C(F)(F)F)cc1C(F)(F)F. The number of piperidine rings is 1. The van der Waals surface area contributed by atoms with Crippen LogP contribution in [-0.4, -0.2) is 72.8 Å². The first-order valence-corrected chi connectivity index (χ1v) is 15.5. The van der Waals surface area contributed by atoms with Crippen LogP contribution in [0.2, 0.25) is 0 Å². The lowest BCUT2D eigenvalue weighted by Crippen LogP contribution is -2.56. The summed E-state index contributed by atoms with van der Waals surface area (Å²) in [5, 5.41) is 4.28. The van der Waals surface area contributed by atoms with Crippen LogP contribution in [-0.2, 0) is 23.8 Å². The van der Waals surface area contributed by atoms with Crippen LogP contribution in [0.1, 0.15) is 48.4 Å². The molecule has 3 aliphatic heterocycles. The highest BCUT2D eigenvalue weighted by atomic mass is 32.2. The molecule has 1 amide bonds. The first-order chi connectivity index (χ1) is 21.3. The summed E-state index contributed by atoms with van der Waals surface area (Å²) in [7, 11) is 1.35. The van der Waals surface area contributed by atoms with Crippen LogP contribution in [0.4, 0.5) is 26.3 Å². The van der Waals surface area contributed by atoms with E-state index in [2.05, 4.69) is 27.0 Å². The van der Waals surface area contributed by atoms with Gasteiger partial charge in [0.25, 0.3) is 5.91 Å². The summed E-state index contributed by atoms with van der Waals surface area (Å²) < 4.78 is 90.5. The quantitative estimate of drug-likeness (QED) is 0.272. The predicted octanol–water partition coefficient (Wildman–Crippen LogP) is 6.43. The number of rotatable bonds is 7. The lowest BCUT2D eigenvalue weighted by molar-refractivity contribution is -0.143. The van der Waals surface area contributed by atoms with Crippen molar-refractivity contribution in [3.63, 3.8) is 0 Å². The van der Waals surface area contributed by atoms with Gasteiger partial charge in [-0.3, -0.25) is 9.69 Å². The van der Waals surface area contributed by atoms with Crippen LogP contribution in [0.5, 0.6) is 11.5 Å². The number of hydrogen-bond acceptors (Lipinski definition) is 7. The molecule has 0 radical (unpaired) electrons. The number of carbonyl (C=O) groups excluding carboxylic acids is 1. The van der Waals surface area contributed by atoms with Gasteiger partial charge >= 0.3 is 12.4 Å². The number of alkyl halides is 6. The zero-order chi connectivity index (χ0) is 32.4. The van der Waals surface area contributed by atoms with Crippen molar-refractivity contribution in [2.24, 2.45) is 4.99 Å². The summed E-state index contributed by atoms with van der Waals surface area (Å²) in [6.45, 7) is 5.97. The fourth-order valence-electron chi connectivity index (χ4n) is 5.74. The Kier molecular flexibility index (Phi) is 10.0. The number of nitrogens with zero attached hydrogens (tertiary/aromatic N) is 3. The molecule has 3 aliphatic rings. The molecule has 45 heavy (non-hydrogen) atoms. The van der Waals surface area contributed by atoms with Crippen molar-refractivity contribution >= 4 is 28.9 Å². The van der Waals surface area contributed by atoms with E-state index in [0.717, 1.165) is 38.8 Å². The van der Waals surface area contributed by atoms with Crippen molar-refractivity contribution in [3.05, 3.63) is 63.6 Å². The Labute approximate surface area is 261 Å². The zero-order valence-corrected chi connectivity index (χ0v) is 25.6. The van der Waals surface area contributed by atoms with E-state index in [-0.39, 0.29) is 23.5 Å². The first-order valence-electron chi connectivity index (χ1n) is 14.7. The van der Waals surface area contributed by atoms with Crippen molar-refractivity contribution < 1.29 is 40.6 Å². The smallest absolute Gasteiger partial charge is 0.416 e. The van der Waals surface area contributed by atoms with Gasteiger partial charge in [-0.25, -0.2) is 0 Å². The van der Waals surface area contributed by atoms with Gasteiger partial charge in [-0.15, -0.1) is 0 Å². The summed E-state index contributed by atoms with van der Waals surface area (Å²) in [5.41, 5.74) is -2.70. The molecule has 14 heteroatoms. The predicted molar refractivity (Wildman–Crippen MR) is 160 cm³/mol. The monoisotopic (exact) mass is 656 g/mol. The summed E-state index contributed by atoms with van der Waals surface area (Å²) in [6, 6.07) is 6.98. The normalized spacial score (nSPS) is 21.6. The molecular weight excluding hydrogens is 622 g/mol. The van der Waals surface area contributed by atoms with Gasteiger partial charge in [-0.1, -0.05) is 18.6 Å².